The van der Waals surface area contributed by atoms with E-state index in [9.17, 15) is 5.11 Å². The molecule has 1 aromatic carbocycles. The van der Waals surface area contributed by atoms with Gasteiger partial charge in [-0.3, -0.25) is 4.90 Å². The summed E-state index contributed by atoms with van der Waals surface area (Å²) in [4.78, 5) is 2.51. The maximum absolute atomic E-state index is 10.5. The molecule has 0 radical (unpaired) electrons. The second-order valence-corrected chi connectivity index (χ2v) is 6.44. The van der Waals surface area contributed by atoms with Gasteiger partial charge < -0.3 is 5.11 Å². The Balaban J connectivity index is 1.93. The second kappa shape index (κ2) is 8.55. The number of aliphatic hydroxyl groups is 1. The van der Waals surface area contributed by atoms with E-state index in [1.807, 2.05) is 0 Å². The minimum atomic E-state index is -0.349. The molecule has 1 heterocycles. The summed E-state index contributed by atoms with van der Waals surface area (Å²) in [6.45, 7) is 6.40. The third-order valence-electron chi connectivity index (χ3n) is 4.68. The Bertz CT molecular complexity index is 399. The normalized spacial score (nSPS) is 21.4. The summed E-state index contributed by atoms with van der Waals surface area (Å²) < 4.78 is 0. The van der Waals surface area contributed by atoms with Crippen LogP contribution in [-0.4, -0.2) is 29.1 Å². The molecule has 1 saturated heterocycles. The monoisotopic (exact) mass is 289 g/mol. The molecule has 1 aliphatic heterocycles. The number of nitrogens with zero attached hydrogens (tertiary/aromatic N) is 1. The van der Waals surface area contributed by atoms with Crippen molar-refractivity contribution in [2.45, 2.75) is 70.9 Å². The fraction of sp³-hybridized carbons (Fsp3) is 0.684. The minimum absolute atomic E-state index is 0.349. The van der Waals surface area contributed by atoms with E-state index < -0.39 is 0 Å². The molecule has 0 amide bonds. The van der Waals surface area contributed by atoms with Crippen molar-refractivity contribution in [1.82, 2.24) is 4.90 Å². The predicted molar refractivity (Wildman–Crippen MR) is 89.5 cm³/mol. The Morgan fingerprint density at radius 1 is 1.14 bits per heavy atom. The molecule has 0 bridgehead atoms. The van der Waals surface area contributed by atoms with E-state index in [0.717, 1.165) is 25.1 Å². The summed E-state index contributed by atoms with van der Waals surface area (Å²) in [7, 11) is 0. The van der Waals surface area contributed by atoms with Gasteiger partial charge in [0.05, 0.1) is 6.10 Å². The summed E-state index contributed by atoms with van der Waals surface area (Å²) in [5.41, 5.74) is 2.44. The van der Waals surface area contributed by atoms with Gasteiger partial charge >= 0.3 is 0 Å². The molecule has 1 N–H and O–H groups in total. The molecular weight excluding hydrogens is 258 g/mol. The van der Waals surface area contributed by atoms with Gasteiger partial charge in [-0.25, -0.2) is 0 Å². The lowest BCUT2D eigenvalue weighted by atomic mass is 9.96. The van der Waals surface area contributed by atoms with Gasteiger partial charge in [-0.15, -0.1) is 0 Å². The van der Waals surface area contributed by atoms with Crippen LogP contribution in [0.3, 0.4) is 0 Å². The van der Waals surface area contributed by atoms with Crippen molar-refractivity contribution >= 4 is 0 Å². The Hall–Kier alpha value is -0.860. The molecule has 0 aliphatic carbocycles. The highest BCUT2D eigenvalue weighted by Crippen LogP contribution is 2.24. The van der Waals surface area contributed by atoms with E-state index in [1.165, 1.54) is 44.1 Å². The van der Waals surface area contributed by atoms with E-state index in [-0.39, 0.29) is 6.10 Å². The zero-order valence-corrected chi connectivity index (χ0v) is 13.7. The van der Waals surface area contributed by atoms with Crippen LogP contribution in [0.15, 0.2) is 24.3 Å². The van der Waals surface area contributed by atoms with E-state index >= 15 is 0 Å². The van der Waals surface area contributed by atoms with Crippen molar-refractivity contribution in [3.05, 3.63) is 35.4 Å². The number of β-amino-alcohol motifs (C(OH)–C–C–N with tert-alkyl or cyclic N) is 1. The molecule has 2 heteroatoms. The SMILES string of the molecule is CCCc1ccc(C(O)CN2CCCCC2CCC)cc1. The average Bonchev–Trinajstić information content (AvgIpc) is 2.50. The molecular formula is C19H31NO. The Morgan fingerprint density at radius 2 is 1.90 bits per heavy atom. The largest absolute Gasteiger partial charge is 0.387 e. The molecule has 21 heavy (non-hydrogen) atoms. The summed E-state index contributed by atoms with van der Waals surface area (Å²) in [5, 5.41) is 10.5. The van der Waals surface area contributed by atoms with Gasteiger partial charge in [0.25, 0.3) is 0 Å². The quantitative estimate of drug-likeness (QED) is 0.807. The third-order valence-corrected chi connectivity index (χ3v) is 4.68. The lowest BCUT2D eigenvalue weighted by Gasteiger charge is -2.37. The Labute approximate surface area is 130 Å². The first-order chi connectivity index (χ1) is 10.2. The van der Waals surface area contributed by atoms with Crippen molar-refractivity contribution in [3.63, 3.8) is 0 Å². The molecule has 2 nitrogen and oxygen atoms in total. The van der Waals surface area contributed by atoms with Crippen molar-refractivity contribution in [3.8, 4) is 0 Å². The van der Waals surface area contributed by atoms with Crippen LogP contribution in [0.2, 0.25) is 0 Å². The number of benzene rings is 1. The van der Waals surface area contributed by atoms with Crippen LogP contribution in [0.5, 0.6) is 0 Å². The third kappa shape index (κ3) is 4.82. The smallest absolute Gasteiger partial charge is 0.0917 e. The maximum atomic E-state index is 10.5. The standard InChI is InChI=1S/C19H31NO/c1-3-7-16-10-12-17(13-11-16)19(21)15-20-14-6-5-9-18(20)8-4-2/h10-13,18-19,21H,3-9,14-15H2,1-2H3. The number of aryl methyl sites for hydroxylation is 1. The van der Waals surface area contributed by atoms with Crippen LogP contribution in [0.1, 0.15) is 69.6 Å². The first kappa shape index (κ1) is 16.5. The number of hydrogen-bond acceptors (Lipinski definition) is 2. The van der Waals surface area contributed by atoms with E-state index in [4.69, 9.17) is 0 Å². The number of hydrogen-bond donors (Lipinski definition) is 1. The van der Waals surface area contributed by atoms with Crippen LogP contribution in [0.25, 0.3) is 0 Å². The van der Waals surface area contributed by atoms with Crippen LogP contribution in [0.4, 0.5) is 0 Å². The first-order valence-corrected chi connectivity index (χ1v) is 8.75. The molecule has 118 valence electrons. The van der Waals surface area contributed by atoms with Gasteiger partial charge in [0, 0.05) is 12.6 Å². The molecule has 1 aliphatic rings. The first-order valence-electron chi connectivity index (χ1n) is 8.75. The summed E-state index contributed by atoms with van der Waals surface area (Å²) >= 11 is 0. The van der Waals surface area contributed by atoms with Gasteiger partial charge in [-0.05, 0) is 43.4 Å². The lowest BCUT2D eigenvalue weighted by molar-refractivity contribution is 0.0635. The molecule has 0 saturated carbocycles. The summed E-state index contributed by atoms with van der Waals surface area (Å²) in [5.74, 6) is 0. The fourth-order valence-corrected chi connectivity index (χ4v) is 3.48. The second-order valence-electron chi connectivity index (χ2n) is 6.44. The van der Waals surface area contributed by atoms with Gasteiger partial charge in [-0.2, -0.15) is 0 Å². The average molecular weight is 289 g/mol. The summed E-state index contributed by atoms with van der Waals surface area (Å²) in [6, 6.07) is 9.23. The van der Waals surface area contributed by atoms with Gasteiger partial charge in [0.1, 0.15) is 0 Å². The molecule has 2 rings (SSSR count). The fourth-order valence-electron chi connectivity index (χ4n) is 3.48. The van der Waals surface area contributed by atoms with Crippen molar-refractivity contribution in [2.75, 3.05) is 13.1 Å². The van der Waals surface area contributed by atoms with Crippen LogP contribution in [-0.2, 0) is 6.42 Å². The molecule has 0 aromatic heterocycles. The Kier molecular flexibility index (Phi) is 6.72. The van der Waals surface area contributed by atoms with Crippen molar-refractivity contribution < 1.29 is 5.11 Å². The number of likely N-dealkylation sites (tertiary alicyclic amines) is 1. The zero-order chi connectivity index (χ0) is 15.1. The van der Waals surface area contributed by atoms with Gasteiger partial charge in [0.2, 0.25) is 0 Å². The molecule has 2 unspecified atom stereocenters. The highest BCUT2D eigenvalue weighted by Gasteiger charge is 2.24. The zero-order valence-electron chi connectivity index (χ0n) is 13.7. The van der Waals surface area contributed by atoms with Crippen LogP contribution >= 0.6 is 0 Å². The highest BCUT2D eigenvalue weighted by atomic mass is 16.3. The lowest BCUT2D eigenvalue weighted by Crippen LogP contribution is -2.41. The van der Waals surface area contributed by atoms with E-state index in [1.54, 1.807) is 0 Å². The number of aliphatic hydroxyl groups excluding tert-OH is 1. The topological polar surface area (TPSA) is 23.5 Å². The highest BCUT2D eigenvalue weighted by molar-refractivity contribution is 5.24. The van der Waals surface area contributed by atoms with Gasteiger partial charge in [0.15, 0.2) is 0 Å². The van der Waals surface area contributed by atoms with Crippen LogP contribution in [0, 0.1) is 0 Å². The molecule has 1 fully saturated rings. The number of piperidine rings is 1. The van der Waals surface area contributed by atoms with Gasteiger partial charge in [-0.1, -0.05) is 57.4 Å². The number of rotatable bonds is 7. The Morgan fingerprint density at radius 3 is 2.57 bits per heavy atom. The minimum Gasteiger partial charge on any atom is -0.387 e. The molecule has 2 atom stereocenters. The van der Waals surface area contributed by atoms with Crippen molar-refractivity contribution in [2.24, 2.45) is 0 Å². The van der Waals surface area contributed by atoms with E-state index in [0.29, 0.717) is 6.04 Å². The van der Waals surface area contributed by atoms with Crippen molar-refractivity contribution in [1.29, 1.82) is 0 Å². The van der Waals surface area contributed by atoms with E-state index in [2.05, 4.69) is 43.0 Å². The predicted octanol–water partition coefficient (Wildman–Crippen LogP) is 4.33. The maximum Gasteiger partial charge on any atom is 0.0917 e. The summed E-state index contributed by atoms with van der Waals surface area (Å²) in [6.07, 6.45) is 8.39. The molecule has 1 aromatic rings. The van der Waals surface area contributed by atoms with Crippen LogP contribution < -0.4 is 0 Å². The molecule has 0 spiro atoms.